The van der Waals surface area contributed by atoms with Crippen LogP contribution in [0, 0.1) is 5.92 Å². The molecule has 434 valence electrons. The Labute approximate surface area is 476 Å². The van der Waals surface area contributed by atoms with Crippen molar-refractivity contribution in [1.29, 1.82) is 0 Å². The van der Waals surface area contributed by atoms with Crippen LogP contribution in [-0.2, 0) is 29.0 Å². The molecule has 4 fully saturated rings. The topological polar surface area (TPSA) is 189 Å². The fraction of sp³-hybridized carbons (Fsp3) is 0.532. The van der Waals surface area contributed by atoms with Gasteiger partial charge in [0.1, 0.15) is 29.3 Å². The van der Waals surface area contributed by atoms with Gasteiger partial charge in [0.15, 0.2) is 0 Å². The van der Waals surface area contributed by atoms with E-state index in [1.54, 1.807) is 19.4 Å². The minimum absolute atomic E-state index is 0.0380. The van der Waals surface area contributed by atoms with Gasteiger partial charge in [-0.2, -0.15) is 0 Å². The van der Waals surface area contributed by atoms with Crippen LogP contribution in [0.1, 0.15) is 109 Å². The molecule has 9 rings (SSSR count). The number of piperazine rings is 2. The Balaban J connectivity index is 0.667. The zero-order valence-corrected chi connectivity index (χ0v) is 48.4. The molecule has 0 aliphatic carbocycles. The number of piperidine rings is 2. The van der Waals surface area contributed by atoms with Gasteiger partial charge in [0.05, 0.1) is 43.2 Å². The molecular weight excluding hydrogens is 1030 g/mol. The maximum atomic E-state index is 14.0. The molecule has 19 nitrogen and oxygen atoms in total. The Morgan fingerprint density at radius 3 is 2.28 bits per heavy atom. The maximum absolute atomic E-state index is 14.0. The van der Waals surface area contributed by atoms with E-state index in [1.807, 2.05) is 105 Å². The van der Waals surface area contributed by atoms with Gasteiger partial charge in [-0.3, -0.25) is 38.9 Å². The highest BCUT2D eigenvalue weighted by molar-refractivity contribution is 5.94. The normalized spacial score (nSPS) is 18.0. The number of carbonyl (C=O) groups is 4. The molecule has 2 N–H and O–H groups in total. The first kappa shape index (κ1) is 58.6. The van der Waals surface area contributed by atoms with Gasteiger partial charge >= 0.3 is 6.09 Å². The van der Waals surface area contributed by atoms with E-state index in [9.17, 15) is 24.0 Å². The minimum atomic E-state index is -0.750. The lowest BCUT2D eigenvalue weighted by molar-refractivity contribution is -0.133. The third kappa shape index (κ3) is 15.7. The summed E-state index contributed by atoms with van der Waals surface area (Å²) >= 11 is 0. The number of methoxy groups -OCH3 is 1. The number of hydrogen-bond donors (Lipinski definition) is 2. The summed E-state index contributed by atoms with van der Waals surface area (Å²) in [6.45, 7) is 22.4. The Kier molecular flexibility index (Phi) is 19.6. The third-order valence-corrected chi connectivity index (χ3v) is 16.2. The fourth-order valence-corrected chi connectivity index (χ4v) is 11.6. The average Bonchev–Trinajstić information content (AvgIpc) is 3.58. The largest absolute Gasteiger partial charge is 0.497 e. The molecular formula is C62H83N11O8. The number of amides is 4. The number of hydrogen-bond acceptors (Lipinski definition) is 14. The first-order valence-electron chi connectivity index (χ1n) is 29.2. The molecule has 7 heterocycles. The minimum Gasteiger partial charge on any atom is -0.497 e. The molecule has 3 aromatic heterocycles. The number of pyridine rings is 3. The van der Waals surface area contributed by atoms with Gasteiger partial charge in [-0.15, -0.1) is 0 Å². The van der Waals surface area contributed by atoms with Crippen LogP contribution in [0.5, 0.6) is 11.5 Å². The number of fused-ring (bicyclic) bond motifs is 1. The number of ether oxygens (including phenoxy) is 3. The van der Waals surface area contributed by atoms with Crippen LogP contribution in [0.25, 0.3) is 11.0 Å². The van der Waals surface area contributed by atoms with Crippen molar-refractivity contribution >= 4 is 40.5 Å². The summed E-state index contributed by atoms with van der Waals surface area (Å²) in [4.78, 5) is 94.1. The van der Waals surface area contributed by atoms with E-state index in [0.717, 1.165) is 137 Å². The highest BCUT2D eigenvalue weighted by Gasteiger charge is 2.32. The Bertz CT molecular complexity index is 3010. The molecule has 0 bridgehead atoms. The van der Waals surface area contributed by atoms with Crippen molar-refractivity contribution in [2.75, 3.05) is 123 Å². The molecule has 0 saturated carbocycles. The van der Waals surface area contributed by atoms with Gasteiger partial charge in [0.25, 0.3) is 17.4 Å². The van der Waals surface area contributed by atoms with Crippen LogP contribution < -0.4 is 25.2 Å². The molecule has 1 atom stereocenters. The SMILES string of the molecule is CCOc1cc(OC)ccc1CN(CC(=O)N1CCC[C@H](c2cccc(C(=O)N3CCN(CC4CCN(CCNC(=O)c5ccc(N6CCN(Cc7cnc8cc(CC)c(=O)[nH]c8c7)CC6)cn5)CC4)CC3)c2)C1)C(=O)OC(C)(C)C. The lowest BCUT2D eigenvalue weighted by Gasteiger charge is -2.39. The van der Waals surface area contributed by atoms with Crippen LogP contribution in [-0.4, -0.2) is 192 Å². The second-order valence-corrected chi connectivity index (χ2v) is 23.1. The number of carbonyl (C=O) groups excluding carboxylic acids is 4. The van der Waals surface area contributed by atoms with Gasteiger partial charge in [-0.05, 0) is 138 Å². The van der Waals surface area contributed by atoms with Gasteiger partial charge in [-0.1, -0.05) is 19.1 Å². The molecule has 0 radical (unpaired) electrons. The Morgan fingerprint density at radius 2 is 1.57 bits per heavy atom. The van der Waals surface area contributed by atoms with Gasteiger partial charge in [0, 0.05) is 126 Å². The third-order valence-electron chi connectivity index (χ3n) is 16.2. The monoisotopic (exact) mass is 1110 g/mol. The maximum Gasteiger partial charge on any atom is 0.411 e. The van der Waals surface area contributed by atoms with E-state index in [2.05, 4.69) is 45.9 Å². The number of H-pyrrole nitrogens is 1. The van der Waals surface area contributed by atoms with Crippen molar-refractivity contribution in [3.63, 3.8) is 0 Å². The fourth-order valence-electron chi connectivity index (χ4n) is 11.6. The predicted molar refractivity (Wildman–Crippen MR) is 313 cm³/mol. The second-order valence-electron chi connectivity index (χ2n) is 23.1. The van der Waals surface area contributed by atoms with E-state index in [-0.39, 0.29) is 42.3 Å². The Morgan fingerprint density at radius 1 is 0.790 bits per heavy atom. The number of aromatic nitrogens is 3. The number of rotatable bonds is 19. The second kappa shape index (κ2) is 27.1. The van der Waals surface area contributed by atoms with E-state index in [0.29, 0.717) is 74.4 Å². The highest BCUT2D eigenvalue weighted by atomic mass is 16.6. The first-order chi connectivity index (χ1) is 39.1. The molecule has 0 unspecified atom stereocenters. The molecule has 81 heavy (non-hydrogen) atoms. The molecule has 4 aliphatic heterocycles. The summed E-state index contributed by atoms with van der Waals surface area (Å²) in [5, 5.41) is 3.08. The molecule has 5 aromatic rings. The number of nitrogens with zero attached hydrogens (tertiary/aromatic N) is 9. The van der Waals surface area contributed by atoms with Crippen molar-refractivity contribution in [1.82, 2.24) is 49.7 Å². The standard InChI is InChI=1S/C62H83N11O8/c1-7-46-35-54-55(66-58(46)75)33-45(37-64-54)40-69-25-29-70(30-26-69)51-15-17-53(65-38-51)59(76)63-20-24-67-22-18-44(19-23-67)39-68-27-31-71(32-28-68)60(77)48-12-9-11-47(34-48)49-13-10-21-72(41-49)57(74)43-73(61(78)81-62(3,4)5)42-50-14-16-52(79-6)36-56(50)80-8-2/h9,11-12,14-17,33-38,44,49H,7-8,10,13,18-32,39-43H2,1-6H3,(H,63,76)(H,66,75)/t49-/m0/s1. The van der Waals surface area contributed by atoms with Crippen molar-refractivity contribution < 1.29 is 33.4 Å². The smallest absolute Gasteiger partial charge is 0.411 e. The van der Waals surface area contributed by atoms with E-state index < -0.39 is 11.7 Å². The van der Waals surface area contributed by atoms with E-state index in [1.165, 1.54) is 4.90 Å². The van der Waals surface area contributed by atoms with Crippen LogP contribution in [0.3, 0.4) is 0 Å². The van der Waals surface area contributed by atoms with Gasteiger partial charge in [0.2, 0.25) is 5.91 Å². The van der Waals surface area contributed by atoms with Crippen molar-refractivity contribution in [2.45, 2.75) is 91.3 Å². The Hall–Kier alpha value is -7.09. The first-order valence-corrected chi connectivity index (χ1v) is 29.2. The molecule has 19 heteroatoms. The van der Waals surface area contributed by atoms with E-state index >= 15 is 0 Å². The lowest BCUT2D eigenvalue weighted by atomic mass is 9.89. The van der Waals surface area contributed by atoms with Crippen molar-refractivity contribution in [3.8, 4) is 11.5 Å². The van der Waals surface area contributed by atoms with Crippen LogP contribution in [0.2, 0.25) is 0 Å². The van der Waals surface area contributed by atoms with Gasteiger partial charge in [-0.25, -0.2) is 9.78 Å². The number of benzene rings is 2. The summed E-state index contributed by atoms with van der Waals surface area (Å²) in [7, 11) is 1.59. The molecule has 4 aliphatic rings. The molecule has 4 amide bonds. The molecule has 0 spiro atoms. The molecule has 2 aromatic carbocycles. The zero-order valence-electron chi connectivity index (χ0n) is 48.4. The summed E-state index contributed by atoms with van der Waals surface area (Å²) < 4.78 is 17.1. The average molecular weight is 1110 g/mol. The van der Waals surface area contributed by atoms with Crippen LogP contribution >= 0.6 is 0 Å². The molecule has 4 saturated heterocycles. The number of aromatic amines is 1. The van der Waals surface area contributed by atoms with Crippen molar-refractivity contribution in [3.05, 3.63) is 123 Å². The highest BCUT2D eigenvalue weighted by Crippen LogP contribution is 2.31. The summed E-state index contributed by atoms with van der Waals surface area (Å²) in [5.74, 6) is 1.58. The summed E-state index contributed by atoms with van der Waals surface area (Å²) in [6, 6.07) is 21.1. The van der Waals surface area contributed by atoms with E-state index in [4.69, 9.17) is 14.2 Å². The predicted octanol–water partition coefficient (Wildman–Crippen LogP) is 6.65. The lowest BCUT2D eigenvalue weighted by Crippen LogP contribution is -2.50. The summed E-state index contributed by atoms with van der Waals surface area (Å²) in [6.07, 6.45) is 7.71. The quantitative estimate of drug-likeness (QED) is 0.0894. The number of aryl methyl sites for hydroxylation is 1. The van der Waals surface area contributed by atoms with Crippen LogP contribution in [0.4, 0.5) is 10.5 Å². The summed E-state index contributed by atoms with van der Waals surface area (Å²) in [5.41, 5.74) is 6.48. The van der Waals surface area contributed by atoms with Crippen LogP contribution in [0.15, 0.2) is 83.9 Å². The zero-order chi connectivity index (χ0) is 57.0. The van der Waals surface area contributed by atoms with Gasteiger partial charge < -0.3 is 44.1 Å². The number of likely N-dealkylation sites (tertiary alicyclic amines) is 2. The number of nitrogens with one attached hydrogen (secondary N) is 2. The number of anilines is 1. The van der Waals surface area contributed by atoms with Crippen molar-refractivity contribution in [2.24, 2.45) is 5.92 Å².